The molecule has 3 heteroatoms. The molecule has 1 saturated carbocycles. The molecule has 1 unspecified atom stereocenters. The summed E-state index contributed by atoms with van der Waals surface area (Å²) in [6.45, 7) is 8.86. The fraction of sp³-hybridized carbons (Fsp3) is 0.938. The lowest BCUT2D eigenvalue weighted by Crippen LogP contribution is -2.40. The molecule has 2 N–H and O–H groups in total. The van der Waals surface area contributed by atoms with Gasteiger partial charge in [-0.25, -0.2) is 0 Å². The Kier molecular flexibility index (Phi) is 6.82. The van der Waals surface area contributed by atoms with E-state index in [9.17, 15) is 0 Å². The maximum atomic E-state index is 9.12. The van der Waals surface area contributed by atoms with Gasteiger partial charge in [0.1, 0.15) is 5.54 Å². The lowest BCUT2D eigenvalue weighted by atomic mass is 9.93. The third-order valence-corrected chi connectivity index (χ3v) is 4.36. The molecule has 0 radical (unpaired) electrons. The summed E-state index contributed by atoms with van der Waals surface area (Å²) in [6, 6.07) is 3.05. The molecule has 1 rings (SSSR count). The molecular weight excluding hydrogens is 234 g/mol. The van der Waals surface area contributed by atoms with Gasteiger partial charge in [-0.1, -0.05) is 33.6 Å². The summed E-state index contributed by atoms with van der Waals surface area (Å²) in [7, 11) is 0. The van der Waals surface area contributed by atoms with Gasteiger partial charge in [-0.15, -0.1) is 0 Å². The number of nitrogens with two attached hydrogens (primary N) is 1. The van der Waals surface area contributed by atoms with Crippen LogP contribution in [0.3, 0.4) is 0 Å². The quantitative estimate of drug-likeness (QED) is 0.732. The highest BCUT2D eigenvalue weighted by atomic mass is 15.2. The maximum absolute atomic E-state index is 9.12. The second-order valence-corrected chi connectivity index (χ2v) is 6.55. The Balaban J connectivity index is 2.42. The van der Waals surface area contributed by atoms with Crippen LogP contribution in [0.4, 0.5) is 0 Å². The van der Waals surface area contributed by atoms with Gasteiger partial charge in [0, 0.05) is 12.6 Å². The zero-order valence-corrected chi connectivity index (χ0v) is 13.0. The number of rotatable bonds is 8. The van der Waals surface area contributed by atoms with Crippen LogP contribution < -0.4 is 5.73 Å². The Morgan fingerprint density at radius 2 is 2.00 bits per heavy atom. The van der Waals surface area contributed by atoms with Gasteiger partial charge in [0.05, 0.1) is 6.07 Å². The van der Waals surface area contributed by atoms with Crippen LogP contribution >= 0.6 is 0 Å². The van der Waals surface area contributed by atoms with Gasteiger partial charge in [0.2, 0.25) is 0 Å². The van der Waals surface area contributed by atoms with Crippen LogP contribution in [0.25, 0.3) is 0 Å². The van der Waals surface area contributed by atoms with E-state index in [0.717, 1.165) is 31.8 Å². The van der Waals surface area contributed by atoms with Crippen molar-refractivity contribution in [2.45, 2.75) is 77.3 Å². The fourth-order valence-corrected chi connectivity index (χ4v) is 3.07. The molecule has 1 aliphatic rings. The second-order valence-electron chi connectivity index (χ2n) is 6.55. The Morgan fingerprint density at radius 1 is 1.37 bits per heavy atom. The molecule has 0 saturated heterocycles. The number of nitriles is 1. The van der Waals surface area contributed by atoms with Gasteiger partial charge in [0.25, 0.3) is 0 Å². The molecule has 1 fully saturated rings. The van der Waals surface area contributed by atoms with E-state index in [1.54, 1.807) is 0 Å². The first-order valence-electron chi connectivity index (χ1n) is 7.95. The molecule has 0 heterocycles. The minimum Gasteiger partial charge on any atom is -0.313 e. The first-order chi connectivity index (χ1) is 9.00. The highest BCUT2D eigenvalue weighted by Crippen LogP contribution is 2.25. The van der Waals surface area contributed by atoms with Crippen LogP contribution in [0.5, 0.6) is 0 Å². The summed E-state index contributed by atoms with van der Waals surface area (Å²) in [5.74, 6) is 0.713. The smallest absolute Gasteiger partial charge is 0.104 e. The van der Waals surface area contributed by atoms with E-state index in [-0.39, 0.29) is 0 Å². The molecule has 0 bridgehead atoms. The van der Waals surface area contributed by atoms with Crippen LogP contribution in [0.1, 0.15) is 65.7 Å². The first kappa shape index (κ1) is 16.5. The highest BCUT2D eigenvalue weighted by Gasteiger charge is 2.25. The number of nitrogens with zero attached hydrogens (tertiary/aromatic N) is 2. The van der Waals surface area contributed by atoms with E-state index < -0.39 is 5.54 Å². The van der Waals surface area contributed by atoms with Crippen molar-refractivity contribution in [2.75, 3.05) is 13.1 Å². The molecule has 3 nitrogen and oxygen atoms in total. The van der Waals surface area contributed by atoms with Crippen molar-refractivity contribution in [1.82, 2.24) is 4.90 Å². The molecule has 0 aromatic rings. The average molecular weight is 265 g/mol. The number of hydrogen-bond acceptors (Lipinski definition) is 3. The van der Waals surface area contributed by atoms with Crippen molar-refractivity contribution in [3.05, 3.63) is 0 Å². The topological polar surface area (TPSA) is 53.1 Å². The van der Waals surface area contributed by atoms with Crippen LogP contribution in [0.2, 0.25) is 0 Å². The average Bonchev–Trinajstić information content (AvgIpc) is 2.90. The molecule has 0 spiro atoms. The summed E-state index contributed by atoms with van der Waals surface area (Å²) in [6.07, 6.45) is 8.08. The SMILES string of the molecule is CCC(N)(C#N)CCCN(CC(C)C)C1CCCC1. The summed E-state index contributed by atoms with van der Waals surface area (Å²) >= 11 is 0. The Hall–Kier alpha value is -0.590. The molecular formula is C16H31N3. The van der Waals surface area contributed by atoms with Gasteiger partial charge in [-0.3, -0.25) is 0 Å². The Labute approximate surface area is 119 Å². The van der Waals surface area contributed by atoms with E-state index in [2.05, 4.69) is 24.8 Å². The monoisotopic (exact) mass is 265 g/mol. The zero-order chi connectivity index (χ0) is 14.3. The van der Waals surface area contributed by atoms with E-state index in [1.807, 2.05) is 6.92 Å². The third kappa shape index (κ3) is 5.50. The Bertz CT molecular complexity index is 289. The summed E-state index contributed by atoms with van der Waals surface area (Å²) in [5.41, 5.74) is 5.45. The first-order valence-corrected chi connectivity index (χ1v) is 7.95. The molecule has 0 amide bonds. The lowest BCUT2D eigenvalue weighted by molar-refractivity contribution is 0.170. The second kappa shape index (κ2) is 7.87. The van der Waals surface area contributed by atoms with Gasteiger partial charge in [-0.2, -0.15) is 5.26 Å². The maximum Gasteiger partial charge on any atom is 0.104 e. The summed E-state index contributed by atoms with van der Waals surface area (Å²) in [4.78, 5) is 2.64. The van der Waals surface area contributed by atoms with E-state index in [0.29, 0.717) is 5.92 Å². The van der Waals surface area contributed by atoms with Crippen molar-refractivity contribution in [3.63, 3.8) is 0 Å². The van der Waals surface area contributed by atoms with Crippen LogP contribution in [0, 0.1) is 17.2 Å². The van der Waals surface area contributed by atoms with Crippen molar-refractivity contribution in [3.8, 4) is 6.07 Å². The zero-order valence-electron chi connectivity index (χ0n) is 13.0. The molecule has 0 aliphatic heterocycles. The normalized spacial score (nSPS) is 19.8. The van der Waals surface area contributed by atoms with Crippen molar-refractivity contribution >= 4 is 0 Å². The number of hydrogen-bond donors (Lipinski definition) is 1. The molecule has 1 atom stereocenters. The molecule has 19 heavy (non-hydrogen) atoms. The van der Waals surface area contributed by atoms with Gasteiger partial charge in [0.15, 0.2) is 0 Å². The predicted octanol–water partition coefficient (Wildman–Crippen LogP) is 3.30. The fourth-order valence-electron chi connectivity index (χ4n) is 3.07. The highest BCUT2D eigenvalue weighted by molar-refractivity contribution is 5.03. The lowest BCUT2D eigenvalue weighted by Gasteiger charge is -2.31. The van der Waals surface area contributed by atoms with E-state index in [4.69, 9.17) is 11.0 Å². The summed E-state index contributed by atoms with van der Waals surface area (Å²) in [5, 5.41) is 9.12. The minimum atomic E-state index is -0.612. The van der Waals surface area contributed by atoms with Crippen LogP contribution in [-0.2, 0) is 0 Å². The summed E-state index contributed by atoms with van der Waals surface area (Å²) < 4.78 is 0. The molecule has 110 valence electrons. The Morgan fingerprint density at radius 3 is 2.47 bits per heavy atom. The van der Waals surface area contributed by atoms with Gasteiger partial charge < -0.3 is 10.6 Å². The largest absolute Gasteiger partial charge is 0.313 e. The third-order valence-electron chi connectivity index (χ3n) is 4.36. The van der Waals surface area contributed by atoms with Crippen molar-refractivity contribution in [1.29, 1.82) is 5.26 Å². The van der Waals surface area contributed by atoms with Gasteiger partial charge >= 0.3 is 0 Å². The standard InChI is InChI=1S/C16H31N3/c1-4-16(18,13-17)10-7-11-19(12-14(2)3)15-8-5-6-9-15/h14-15H,4-12,18H2,1-3H3. The van der Waals surface area contributed by atoms with Gasteiger partial charge in [-0.05, 0) is 44.6 Å². The van der Waals surface area contributed by atoms with Crippen LogP contribution in [0.15, 0.2) is 0 Å². The van der Waals surface area contributed by atoms with E-state index >= 15 is 0 Å². The van der Waals surface area contributed by atoms with Crippen molar-refractivity contribution in [2.24, 2.45) is 11.7 Å². The predicted molar refractivity (Wildman–Crippen MR) is 80.7 cm³/mol. The van der Waals surface area contributed by atoms with E-state index in [1.165, 1.54) is 32.2 Å². The molecule has 0 aromatic heterocycles. The molecule has 1 aliphatic carbocycles. The van der Waals surface area contributed by atoms with Crippen LogP contribution in [-0.4, -0.2) is 29.6 Å². The molecule has 0 aromatic carbocycles. The van der Waals surface area contributed by atoms with Crippen molar-refractivity contribution < 1.29 is 0 Å². The minimum absolute atomic E-state index is 0.612.